The minimum Gasteiger partial charge on any atom is -0.478 e. The zero-order valence-electron chi connectivity index (χ0n) is 8.98. The molecule has 94 valence electrons. The Morgan fingerprint density at radius 2 is 2.28 bits per heavy atom. The first kappa shape index (κ1) is 13.3. The highest BCUT2D eigenvalue weighted by Gasteiger charge is 2.07. The molecule has 0 spiro atoms. The molecule has 2 aromatic rings. The summed E-state index contributed by atoms with van der Waals surface area (Å²) in [5, 5.41) is 14.1. The second-order valence-corrected chi connectivity index (χ2v) is 5.75. The van der Waals surface area contributed by atoms with E-state index < -0.39 is 5.97 Å². The van der Waals surface area contributed by atoms with Crippen LogP contribution in [0.5, 0.6) is 0 Å². The van der Waals surface area contributed by atoms with Crippen molar-refractivity contribution in [3.63, 3.8) is 0 Å². The largest absolute Gasteiger partial charge is 0.478 e. The molecule has 0 aliphatic carbocycles. The van der Waals surface area contributed by atoms with Crippen LogP contribution in [0.3, 0.4) is 0 Å². The Labute approximate surface area is 121 Å². The first-order chi connectivity index (χ1) is 8.54. The highest BCUT2D eigenvalue weighted by atomic mass is 79.9. The fourth-order valence-electron chi connectivity index (χ4n) is 1.34. The van der Waals surface area contributed by atoms with Crippen LogP contribution in [0.25, 0.3) is 0 Å². The van der Waals surface area contributed by atoms with E-state index in [0.717, 1.165) is 9.35 Å². The SMILES string of the molecule is O=C(O)c1cc(Cl)nc(NCc2cc(Br)cs2)c1. The molecular formula is C11H8BrClN2O2S. The third kappa shape index (κ3) is 3.44. The molecule has 0 bridgehead atoms. The first-order valence-corrected chi connectivity index (χ1v) is 6.97. The molecule has 2 aromatic heterocycles. The van der Waals surface area contributed by atoms with E-state index in [1.54, 1.807) is 11.3 Å². The summed E-state index contributed by atoms with van der Waals surface area (Å²) in [6.07, 6.45) is 0. The Morgan fingerprint density at radius 3 is 2.89 bits per heavy atom. The molecule has 0 radical (unpaired) electrons. The van der Waals surface area contributed by atoms with Gasteiger partial charge in [-0.25, -0.2) is 9.78 Å². The number of aromatic nitrogens is 1. The molecule has 0 saturated heterocycles. The molecule has 0 saturated carbocycles. The van der Waals surface area contributed by atoms with Crippen molar-refractivity contribution < 1.29 is 9.90 Å². The molecule has 0 aromatic carbocycles. The van der Waals surface area contributed by atoms with Crippen LogP contribution in [-0.2, 0) is 6.54 Å². The lowest BCUT2D eigenvalue weighted by molar-refractivity contribution is 0.0697. The van der Waals surface area contributed by atoms with Gasteiger partial charge < -0.3 is 10.4 Å². The maximum absolute atomic E-state index is 10.9. The molecule has 2 rings (SSSR count). The average molecular weight is 348 g/mol. The summed E-state index contributed by atoms with van der Waals surface area (Å²) < 4.78 is 1.02. The number of nitrogens with zero attached hydrogens (tertiary/aromatic N) is 1. The fourth-order valence-corrected chi connectivity index (χ4v) is 2.93. The molecular weight excluding hydrogens is 340 g/mol. The molecule has 18 heavy (non-hydrogen) atoms. The molecule has 0 atom stereocenters. The number of carbonyl (C=O) groups is 1. The zero-order chi connectivity index (χ0) is 13.1. The summed E-state index contributed by atoms with van der Waals surface area (Å²) >= 11 is 10.7. The summed E-state index contributed by atoms with van der Waals surface area (Å²) in [5.74, 6) is -0.578. The van der Waals surface area contributed by atoms with Crippen LogP contribution in [0, 0.1) is 0 Å². The van der Waals surface area contributed by atoms with E-state index in [1.807, 2.05) is 11.4 Å². The minimum atomic E-state index is -1.03. The minimum absolute atomic E-state index is 0.116. The van der Waals surface area contributed by atoms with Gasteiger partial charge in [0.05, 0.1) is 12.1 Å². The maximum Gasteiger partial charge on any atom is 0.335 e. The standard InChI is InChI=1S/C11H8BrClN2O2S/c12-7-3-8(18-5-7)4-14-10-2-6(11(16)17)1-9(13)15-10/h1-3,5H,4H2,(H,14,15)(H,16,17). The van der Waals surface area contributed by atoms with Crippen LogP contribution < -0.4 is 5.32 Å². The van der Waals surface area contributed by atoms with Gasteiger partial charge in [-0.1, -0.05) is 11.6 Å². The Hall–Kier alpha value is -1.11. The quantitative estimate of drug-likeness (QED) is 0.824. The van der Waals surface area contributed by atoms with Gasteiger partial charge in [-0.2, -0.15) is 0 Å². The summed E-state index contributed by atoms with van der Waals surface area (Å²) in [4.78, 5) is 16.0. The molecule has 2 heterocycles. The van der Waals surface area contributed by atoms with Crippen molar-refractivity contribution in [3.05, 3.63) is 43.6 Å². The van der Waals surface area contributed by atoms with Crippen LogP contribution in [0.15, 0.2) is 28.1 Å². The normalized spacial score (nSPS) is 10.3. The third-order valence-corrected chi connectivity index (χ3v) is 4.00. The number of anilines is 1. The molecule has 4 nitrogen and oxygen atoms in total. The Bertz CT molecular complexity index is 588. The lowest BCUT2D eigenvalue weighted by Crippen LogP contribution is -2.03. The fraction of sp³-hybridized carbons (Fsp3) is 0.0909. The first-order valence-electron chi connectivity index (χ1n) is 4.92. The van der Waals surface area contributed by atoms with Gasteiger partial charge in [0.2, 0.25) is 0 Å². The smallest absolute Gasteiger partial charge is 0.335 e. The number of hydrogen-bond donors (Lipinski definition) is 2. The van der Waals surface area contributed by atoms with Crippen molar-refractivity contribution in [3.8, 4) is 0 Å². The predicted octanol–water partition coefficient (Wildman–Crippen LogP) is 3.87. The van der Waals surface area contributed by atoms with Gasteiger partial charge in [-0.05, 0) is 34.1 Å². The highest BCUT2D eigenvalue weighted by molar-refractivity contribution is 9.10. The Kier molecular flexibility index (Phi) is 4.21. The van der Waals surface area contributed by atoms with E-state index in [-0.39, 0.29) is 10.7 Å². The van der Waals surface area contributed by atoms with Crippen molar-refractivity contribution in [2.24, 2.45) is 0 Å². The van der Waals surface area contributed by atoms with E-state index in [2.05, 4.69) is 26.2 Å². The van der Waals surface area contributed by atoms with E-state index in [1.165, 1.54) is 12.1 Å². The number of carboxylic acids is 1. The van der Waals surface area contributed by atoms with Crippen molar-refractivity contribution in [2.75, 3.05) is 5.32 Å². The maximum atomic E-state index is 10.9. The van der Waals surface area contributed by atoms with Gasteiger partial charge in [0.25, 0.3) is 0 Å². The van der Waals surface area contributed by atoms with E-state index >= 15 is 0 Å². The molecule has 0 aliphatic heterocycles. The number of thiophene rings is 1. The van der Waals surface area contributed by atoms with Gasteiger partial charge in [0.15, 0.2) is 0 Å². The van der Waals surface area contributed by atoms with Crippen molar-refractivity contribution in [2.45, 2.75) is 6.54 Å². The molecule has 0 amide bonds. The molecule has 2 N–H and O–H groups in total. The molecule has 0 unspecified atom stereocenters. The number of rotatable bonds is 4. The predicted molar refractivity (Wildman–Crippen MR) is 75.6 cm³/mol. The second kappa shape index (κ2) is 5.69. The lowest BCUT2D eigenvalue weighted by Gasteiger charge is -2.05. The van der Waals surface area contributed by atoms with Crippen LogP contribution in [0.4, 0.5) is 5.82 Å². The van der Waals surface area contributed by atoms with Crippen molar-refractivity contribution >= 4 is 50.7 Å². The highest BCUT2D eigenvalue weighted by Crippen LogP contribution is 2.21. The van der Waals surface area contributed by atoms with Gasteiger partial charge in [-0.3, -0.25) is 0 Å². The molecule has 7 heteroatoms. The van der Waals surface area contributed by atoms with E-state index in [0.29, 0.717) is 12.4 Å². The van der Waals surface area contributed by atoms with Crippen LogP contribution in [0.2, 0.25) is 5.15 Å². The number of halogens is 2. The topological polar surface area (TPSA) is 62.2 Å². The summed E-state index contributed by atoms with van der Waals surface area (Å²) in [6.45, 7) is 0.572. The van der Waals surface area contributed by atoms with Gasteiger partial charge >= 0.3 is 5.97 Å². The lowest BCUT2D eigenvalue weighted by atomic mass is 10.2. The summed E-state index contributed by atoms with van der Waals surface area (Å²) in [6, 6.07) is 4.76. The van der Waals surface area contributed by atoms with Crippen molar-refractivity contribution in [1.82, 2.24) is 4.98 Å². The van der Waals surface area contributed by atoms with Crippen molar-refractivity contribution in [1.29, 1.82) is 0 Å². The van der Waals surface area contributed by atoms with Crippen LogP contribution in [0.1, 0.15) is 15.2 Å². The average Bonchev–Trinajstić information content (AvgIpc) is 2.72. The number of nitrogens with one attached hydrogen (secondary N) is 1. The Morgan fingerprint density at radius 1 is 1.50 bits per heavy atom. The van der Waals surface area contributed by atoms with Gasteiger partial charge in [0, 0.05) is 14.7 Å². The summed E-state index contributed by atoms with van der Waals surface area (Å²) in [5.41, 5.74) is 0.116. The number of carboxylic acid groups (broad SMARTS) is 1. The van der Waals surface area contributed by atoms with Gasteiger partial charge in [0.1, 0.15) is 11.0 Å². The number of pyridine rings is 1. The Balaban J connectivity index is 2.11. The van der Waals surface area contributed by atoms with E-state index in [9.17, 15) is 4.79 Å². The molecule has 0 fully saturated rings. The summed E-state index contributed by atoms with van der Waals surface area (Å²) in [7, 11) is 0. The van der Waals surface area contributed by atoms with Gasteiger partial charge in [-0.15, -0.1) is 11.3 Å². The number of aromatic carboxylic acids is 1. The molecule has 0 aliphatic rings. The number of hydrogen-bond acceptors (Lipinski definition) is 4. The monoisotopic (exact) mass is 346 g/mol. The van der Waals surface area contributed by atoms with Crippen LogP contribution in [-0.4, -0.2) is 16.1 Å². The van der Waals surface area contributed by atoms with Crippen LogP contribution >= 0.6 is 38.9 Å². The third-order valence-electron chi connectivity index (χ3n) is 2.11. The zero-order valence-corrected chi connectivity index (χ0v) is 12.1. The second-order valence-electron chi connectivity index (χ2n) is 3.45. The van der Waals surface area contributed by atoms with E-state index in [4.69, 9.17) is 16.7 Å².